The van der Waals surface area contributed by atoms with Gasteiger partial charge in [-0.05, 0) is 25.0 Å². The number of hydrogen-bond acceptors (Lipinski definition) is 5. The van der Waals surface area contributed by atoms with Crippen LogP contribution in [-0.4, -0.2) is 54.4 Å². The predicted octanol–water partition coefficient (Wildman–Crippen LogP) is 0.944. The number of nitrogens with zero attached hydrogens (tertiary/aromatic N) is 4. The maximum Gasteiger partial charge on any atom is 0.256 e. The Balaban J connectivity index is 1.68. The van der Waals surface area contributed by atoms with Gasteiger partial charge in [0.05, 0.1) is 30.1 Å². The lowest BCUT2D eigenvalue weighted by Crippen LogP contribution is -2.48. The van der Waals surface area contributed by atoms with Gasteiger partial charge in [0.2, 0.25) is 0 Å². The summed E-state index contributed by atoms with van der Waals surface area (Å²) in [5.41, 5.74) is 0.178. The molecule has 3 N–H and O–H groups in total. The minimum Gasteiger partial charge on any atom is -0.382 e. The zero-order valence-corrected chi connectivity index (χ0v) is 12.7. The average Bonchev–Trinajstić information content (AvgIpc) is 3.25. The highest BCUT2D eigenvalue weighted by molar-refractivity contribution is 6.04. The van der Waals surface area contributed by atoms with Gasteiger partial charge >= 0.3 is 0 Å². The minimum absolute atomic E-state index is 0.0702. The number of imidazole rings is 1. The van der Waals surface area contributed by atoms with E-state index in [-0.39, 0.29) is 18.0 Å². The molecule has 3 aromatic rings. The van der Waals surface area contributed by atoms with E-state index in [0.29, 0.717) is 36.1 Å². The molecule has 1 saturated heterocycles. The molecule has 0 spiro atoms. The van der Waals surface area contributed by atoms with Crippen molar-refractivity contribution in [1.82, 2.24) is 30.3 Å². The number of amides is 1. The Kier molecular flexibility index (Phi) is 3.31. The van der Waals surface area contributed by atoms with E-state index >= 15 is 0 Å². The van der Waals surface area contributed by atoms with E-state index in [9.17, 15) is 14.3 Å². The smallest absolute Gasteiger partial charge is 0.256 e. The Hall–Kier alpha value is -2.81. The molecule has 24 heavy (non-hydrogen) atoms. The Labute approximate surface area is 135 Å². The number of fused-ring (bicyclic) bond motifs is 1. The number of H-pyrrole nitrogens is 2. The van der Waals surface area contributed by atoms with E-state index in [1.807, 2.05) is 0 Å². The number of benzene rings is 1. The number of aromatic amines is 2. The van der Waals surface area contributed by atoms with Crippen molar-refractivity contribution < 1.29 is 14.3 Å². The van der Waals surface area contributed by atoms with Crippen LogP contribution in [0.4, 0.5) is 4.39 Å². The van der Waals surface area contributed by atoms with Gasteiger partial charge in [0, 0.05) is 6.54 Å². The van der Waals surface area contributed by atoms with Crippen molar-refractivity contribution in [3.05, 3.63) is 41.7 Å². The first kappa shape index (κ1) is 14.8. The topological polar surface area (TPSA) is 111 Å². The molecule has 2 aromatic heterocycles. The van der Waals surface area contributed by atoms with Crippen molar-refractivity contribution in [3.8, 4) is 0 Å². The van der Waals surface area contributed by atoms with E-state index in [0.717, 1.165) is 0 Å². The van der Waals surface area contributed by atoms with E-state index < -0.39 is 11.4 Å². The first-order valence-corrected chi connectivity index (χ1v) is 7.57. The van der Waals surface area contributed by atoms with Gasteiger partial charge < -0.3 is 15.0 Å². The molecule has 0 aliphatic carbocycles. The van der Waals surface area contributed by atoms with Gasteiger partial charge in [-0.25, -0.2) is 9.37 Å². The molecule has 3 heterocycles. The number of likely N-dealkylation sites (tertiary alicyclic amines) is 1. The van der Waals surface area contributed by atoms with Crippen LogP contribution in [0.5, 0.6) is 0 Å². The molecule has 0 radical (unpaired) electrons. The summed E-state index contributed by atoms with van der Waals surface area (Å²) in [6.45, 7) is 0.544. The molecule has 1 atom stereocenters. The molecule has 9 heteroatoms. The molecule has 0 bridgehead atoms. The molecular weight excluding hydrogens is 315 g/mol. The summed E-state index contributed by atoms with van der Waals surface area (Å²) in [4.78, 5) is 21.3. The zero-order chi connectivity index (χ0) is 16.7. The number of hydrogen-bond donors (Lipinski definition) is 3. The standard InChI is InChI=1S/C15H15FN6O2/c16-9-4-10(13-11(5-9)17-8-18-13)14(23)22-3-1-2-15(24,7-22)12-6-19-21-20-12/h4-6,8,24H,1-3,7H2,(H,17,18)(H,19,20,21). The summed E-state index contributed by atoms with van der Waals surface area (Å²) in [6.07, 6.45) is 3.95. The number of nitrogens with one attached hydrogen (secondary N) is 2. The number of carbonyl (C=O) groups excluding carboxylic acids is 1. The first-order valence-electron chi connectivity index (χ1n) is 7.57. The molecule has 8 nitrogen and oxygen atoms in total. The van der Waals surface area contributed by atoms with Crippen molar-refractivity contribution in [2.45, 2.75) is 18.4 Å². The number of aliphatic hydroxyl groups is 1. The average molecular weight is 330 g/mol. The second-order valence-corrected chi connectivity index (χ2v) is 5.97. The molecule has 1 aliphatic heterocycles. The van der Waals surface area contributed by atoms with E-state index in [4.69, 9.17) is 0 Å². The van der Waals surface area contributed by atoms with Crippen molar-refractivity contribution in [1.29, 1.82) is 0 Å². The zero-order valence-electron chi connectivity index (χ0n) is 12.7. The van der Waals surface area contributed by atoms with Crippen molar-refractivity contribution in [3.63, 3.8) is 0 Å². The summed E-state index contributed by atoms with van der Waals surface area (Å²) in [5, 5.41) is 20.9. The first-order chi connectivity index (χ1) is 11.6. The van der Waals surface area contributed by atoms with Gasteiger partial charge in [0.1, 0.15) is 22.6 Å². The highest BCUT2D eigenvalue weighted by Gasteiger charge is 2.39. The van der Waals surface area contributed by atoms with Crippen LogP contribution in [0.1, 0.15) is 28.9 Å². The largest absolute Gasteiger partial charge is 0.382 e. The Morgan fingerprint density at radius 1 is 1.42 bits per heavy atom. The van der Waals surface area contributed by atoms with Crippen LogP contribution in [-0.2, 0) is 5.60 Å². The van der Waals surface area contributed by atoms with Crippen LogP contribution in [0.15, 0.2) is 24.7 Å². The normalized spacial score (nSPS) is 21.3. The lowest BCUT2D eigenvalue weighted by Gasteiger charge is -2.38. The van der Waals surface area contributed by atoms with Crippen LogP contribution < -0.4 is 0 Å². The molecule has 124 valence electrons. The lowest BCUT2D eigenvalue weighted by atomic mass is 9.89. The summed E-state index contributed by atoms with van der Waals surface area (Å²) in [5.74, 6) is -0.882. The quantitative estimate of drug-likeness (QED) is 0.648. The molecule has 1 unspecified atom stereocenters. The summed E-state index contributed by atoms with van der Waals surface area (Å²) in [7, 11) is 0. The molecule has 1 amide bonds. The van der Waals surface area contributed by atoms with Gasteiger partial charge in [-0.3, -0.25) is 4.79 Å². The second kappa shape index (κ2) is 5.38. The molecule has 1 fully saturated rings. The summed E-state index contributed by atoms with van der Waals surface area (Å²) in [6, 6.07) is 2.47. The number of aromatic nitrogens is 5. The van der Waals surface area contributed by atoms with Gasteiger partial charge in [-0.1, -0.05) is 0 Å². The maximum absolute atomic E-state index is 13.8. The Morgan fingerprint density at radius 2 is 2.29 bits per heavy atom. The van der Waals surface area contributed by atoms with Gasteiger partial charge in [0.25, 0.3) is 5.91 Å². The fourth-order valence-electron chi connectivity index (χ4n) is 3.19. The van der Waals surface area contributed by atoms with Gasteiger partial charge in [-0.2, -0.15) is 15.4 Å². The van der Waals surface area contributed by atoms with Crippen molar-refractivity contribution in [2.75, 3.05) is 13.1 Å². The third-order valence-corrected chi connectivity index (χ3v) is 4.37. The Bertz CT molecular complexity index is 893. The fourth-order valence-corrected chi connectivity index (χ4v) is 3.19. The predicted molar refractivity (Wildman–Crippen MR) is 81.5 cm³/mol. The second-order valence-electron chi connectivity index (χ2n) is 5.97. The minimum atomic E-state index is -1.26. The van der Waals surface area contributed by atoms with Crippen LogP contribution in [0.2, 0.25) is 0 Å². The van der Waals surface area contributed by atoms with Crippen molar-refractivity contribution in [2.24, 2.45) is 0 Å². The Morgan fingerprint density at radius 3 is 3.08 bits per heavy atom. The van der Waals surface area contributed by atoms with Crippen molar-refractivity contribution >= 4 is 16.9 Å². The van der Waals surface area contributed by atoms with Gasteiger partial charge in [0.15, 0.2) is 0 Å². The third-order valence-electron chi connectivity index (χ3n) is 4.37. The van der Waals surface area contributed by atoms with Crippen LogP contribution in [0.3, 0.4) is 0 Å². The summed E-state index contributed by atoms with van der Waals surface area (Å²) < 4.78 is 13.8. The SMILES string of the molecule is O=C(c1cc(F)cc2[nH]cnc12)N1CCCC(O)(c2cn[nH]n2)C1. The highest BCUT2D eigenvalue weighted by Crippen LogP contribution is 2.31. The molecule has 1 aromatic carbocycles. The monoisotopic (exact) mass is 330 g/mol. The number of rotatable bonds is 2. The van der Waals surface area contributed by atoms with E-state index in [1.165, 1.54) is 29.6 Å². The maximum atomic E-state index is 13.8. The lowest BCUT2D eigenvalue weighted by molar-refractivity contribution is -0.0320. The van der Waals surface area contributed by atoms with Crippen LogP contribution >= 0.6 is 0 Å². The summed E-state index contributed by atoms with van der Waals surface area (Å²) >= 11 is 0. The van der Waals surface area contributed by atoms with Crippen LogP contribution in [0.25, 0.3) is 11.0 Å². The molecule has 4 rings (SSSR count). The third kappa shape index (κ3) is 2.33. The van der Waals surface area contributed by atoms with E-state index in [1.54, 1.807) is 0 Å². The molecule has 1 aliphatic rings. The fraction of sp³-hybridized carbons (Fsp3) is 0.333. The van der Waals surface area contributed by atoms with Crippen LogP contribution in [0, 0.1) is 5.82 Å². The van der Waals surface area contributed by atoms with E-state index in [2.05, 4.69) is 25.4 Å². The number of β-amino-alcohol motifs (C(OH)–C–C–N with tert-alkyl or cyclic N) is 1. The number of piperidine rings is 1. The highest BCUT2D eigenvalue weighted by atomic mass is 19.1. The molecule has 0 saturated carbocycles. The number of carbonyl (C=O) groups is 1. The molecular formula is C15H15FN6O2. The number of halogens is 1. The van der Waals surface area contributed by atoms with Gasteiger partial charge in [-0.15, -0.1) is 0 Å².